The number of benzene rings is 2. The van der Waals surface area contributed by atoms with Crippen molar-refractivity contribution in [3.05, 3.63) is 64.6 Å². The van der Waals surface area contributed by atoms with Gasteiger partial charge in [-0.25, -0.2) is 4.98 Å². The number of aromatic nitrogens is 4. The summed E-state index contributed by atoms with van der Waals surface area (Å²) in [6.45, 7) is 4.43. The monoisotopic (exact) mass is 493 g/mol. The van der Waals surface area contributed by atoms with Crippen molar-refractivity contribution in [3.8, 4) is 6.01 Å². The van der Waals surface area contributed by atoms with E-state index in [1.165, 1.54) is 0 Å². The number of imidazole rings is 1. The molecule has 35 heavy (non-hydrogen) atoms. The fourth-order valence-electron chi connectivity index (χ4n) is 5.24. The van der Waals surface area contributed by atoms with Crippen molar-refractivity contribution in [2.24, 2.45) is 0 Å². The summed E-state index contributed by atoms with van der Waals surface area (Å²) < 4.78 is 21.7. The Morgan fingerprint density at radius 3 is 2.89 bits per heavy atom. The average molecular weight is 494 g/mol. The molecular formula is C25H25ClFN7O. The molecule has 180 valence electrons. The van der Waals surface area contributed by atoms with Gasteiger partial charge in [-0.05, 0) is 36.9 Å². The normalized spacial score (nSPS) is 17.4. The summed E-state index contributed by atoms with van der Waals surface area (Å²) in [6, 6.07) is 10.1. The standard InChI is InChI=1S/C25H25ClFN7O/c1-14-10-33-13-29-23(27)21(33)12-34(14)24-17-6-7-32(11-19(17)30-25(31-24)35-2)20-9-16(28)8-15-4-3-5-18(26)22(15)20/h3-5,8-9,13-14H,6-7,10-12,28H2,1-2H3. The van der Waals surface area contributed by atoms with Crippen molar-refractivity contribution in [2.45, 2.75) is 39.0 Å². The van der Waals surface area contributed by atoms with Crippen LogP contribution in [0.4, 0.5) is 21.6 Å². The second-order valence-electron chi connectivity index (χ2n) is 9.12. The Bertz CT molecular complexity index is 1460. The Morgan fingerprint density at radius 2 is 2.06 bits per heavy atom. The van der Waals surface area contributed by atoms with E-state index in [4.69, 9.17) is 32.0 Å². The zero-order valence-electron chi connectivity index (χ0n) is 19.5. The number of halogens is 2. The van der Waals surface area contributed by atoms with Crippen molar-refractivity contribution in [3.63, 3.8) is 0 Å². The highest BCUT2D eigenvalue weighted by atomic mass is 35.5. The molecule has 0 spiro atoms. The number of nitrogens with zero attached hydrogens (tertiary/aromatic N) is 6. The van der Waals surface area contributed by atoms with Gasteiger partial charge in [0.05, 0.1) is 42.9 Å². The van der Waals surface area contributed by atoms with Gasteiger partial charge in [-0.1, -0.05) is 23.7 Å². The van der Waals surface area contributed by atoms with Gasteiger partial charge < -0.3 is 24.8 Å². The van der Waals surface area contributed by atoms with Crippen LogP contribution in [-0.4, -0.2) is 39.2 Å². The van der Waals surface area contributed by atoms with Crippen LogP contribution in [0.2, 0.25) is 5.02 Å². The zero-order chi connectivity index (χ0) is 24.3. The minimum atomic E-state index is -0.437. The van der Waals surface area contributed by atoms with E-state index < -0.39 is 5.95 Å². The number of ether oxygens (including phenoxy) is 1. The Morgan fingerprint density at radius 1 is 1.20 bits per heavy atom. The number of hydrogen-bond donors (Lipinski definition) is 1. The largest absolute Gasteiger partial charge is 0.467 e. The van der Waals surface area contributed by atoms with Gasteiger partial charge in [-0.3, -0.25) is 0 Å². The molecule has 0 bridgehead atoms. The molecule has 10 heteroatoms. The van der Waals surface area contributed by atoms with E-state index in [0.717, 1.165) is 46.5 Å². The maximum absolute atomic E-state index is 14.3. The fourth-order valence-corrected chi connectivity index (χ4v) is 5.51. The fraction of sp³-hybridized carbons (Fsp3) is 0.320. The summed E-state index contributed by atoms with van der Waals surface area (Å²) >= 11 is 6.61. The van der Waals surface area contributed by atoms with Crippen LogP contribution < -0.4 is 20.3 Å². The predicted molar refractivity (Wildman–Crippen MR) is 135 cm³/mol. The van der Waals surface area contributed by atoms with Crippen molar-refractivity contribution in [2.75, 3.05) is 29.2 Å². The third-order valence-corrected chi connectivity index (χ3v) is 7.27. The third kappa shape index (κ3) is 3.61. The van der Waals surface area contributed by atoms with Crippen LogP contribution in [0.5, 0.6) is 6.01 Å². The number of nitrogens with two attached hydrogens (primary N) is 1. The van der Waals surface area contributed by atoms with Crippen molar-refractivity contribution >= 4 is 39.6 Å². The first kappa shape index (κ1) is 21.9. The summed E-state index contributed by atoms with van der Waals surface area (Å²) in [5, 5.41) is 2.66. The highest BCUT2D eigenvalue weighted by molar-refractivity contribution is 6.36. The van der Waals surface area contributed by atoms with Crippen LogP contribution in [0.15, 0.2) is 36.7 Å². The SMILES string of the molecule is COc1nc2c(c(N3Cc4c(F)ncn4CC3C)n1)CCN(c1cc(N)cc3cccc(Cl)c13)C2. The smallest absolute Gasteiger partial charge is 0.318 e. The van der Waals surface area contributed by atoms with Gasteiger partial charge in [0.25, 0.3) is 0 Å². The maximum atomic E-state index is 14.3. The first-order valence-corrected chi connectivity index (χ1v) is 11.9. The van der Waals surface area contributed by atoms with E-state index >= 15 is 0 Å². The Labute approximate surface area is 207 Å². The van der Waals surface area contributed by atoms with Crippen LogP contribution in [-0.2, 0) is 26.1 Å². The predicted octanol–water partition coefficient (Wildman–Crippen LogP) is 4.18. The van der Waals surface area contributed by atoms with Crippen LogP contribution in [0, 0.1) is 5.95 Å². The van der Waals surface area contributed by atoms with E-state index in [0.29, 0.717) is 42.0 Å². The lowest BCUT2D eigenvalue weighted by Gasteiger charge is -2.38. The lowest BCUT2D eigenvalue weighted by molar-refractivity contribution is 0.374. The average Bonchev–Trinajstić information content (AvgIpc) is 3.21. The molecule has 0 saturated heterocycles. The molecule has 0 radical (unpaired) electrons. The number of methoxy groups -OCH3 is 1. The lowest BCUT2D eigenvalue weighted by atomic mass is 10.0. The molecule has 0 aliphatic carbocycles. The molecule has 6 rings (SSSR count). The first-order chi connectivity index (χ1) is 16.9. The molecule has 4 heterocycles. The molecule has 4 aromatic rings. The molecule has 2 aromatic carbocycles. The van der Waals surface area contributed by atoms with Gasteiger partial charge in [-0.2, -0.15) is 14.4 Å². The Hall–Kier alpha value is -3.59. The van der Waals surface area contributed by atoms with Crippen molar-refractivity contribution in [1.29, 1.82) is 0 Å². The summed E-state index contributed by atoms with van der Waals surface area (Å²) in [7, 11) is 1.56. The molecular weight excluding hydrogens is 469 g/mol. The molecule has 1 unspecified atom stereocenters. The van der Waals surface area contributed by atoms with Gasteiger partial charge in [0, 0.05) is 41.5 Å². The summed E-state index contributed by atoms with van der Waals surface area (Å²) in [5.41, 5.74) is 10.4. The molecule has 0 saturated carbocycles. The van der Waals surface area contributed by atoms with E-state index in [9.17, 15) is 4.39 Å². The van der Waals surface area contributed by atoms with Crippen LogP contribution in [0.25, 0.3) is 10.8 Å². The van der Waals surface area contributed by atoms with E-state index in [1.807, 2.05) is 34.9 Å². The molecule has 8 nitrogen and oxygen atoms in total. The second kappa shape index (κ2) is 8.27. The number of fused-ring (bicyclic) bond motifs is 3. The lowest BCUT2D eigenvalue weighted by Crippen LogP contribution is -2.43. The van der Waals surface area contributed by atoms with Gasteiger partial charge >= 0.3 is 6.01 Å². The minimum absolute atomic E-state index is 0.106. The molecule has 0 amide bonds. The first-order valence-electron chi connectivity index (χ1n) is 11.6. The highest BCUT2D eigenvalue weighted by Crippen LogP contribution is 2.39. The van der Waals surface area contributed by atoms with Crippen LogP contribution in [0.1, 0.15) is 23.9 Å². The highest BCUT2D eigenvalue weighted by Gasteiger charge is 2.32. The maximum Gasteiger partial charge on any atom is 0.318 e. The minimum Gasteiger partial charge on any atom is -0.467 e. The Kier molecular flexibility index (Phi) is 5.17. The topological polar surface area (TPSA) is 85.3 Å². The third-order valence-electron chi connectivity index (χ3n) is 6.95. The molecule has 0 fully saturated rings. The number of anilines is 3. The van der Waals surface area contributed by atoms with E-state index in [1.54, 1.807) is 13.4 Å². The number of rotatable bonds is 3. The van der Waals surface area contributed by atoms with Gasteiger partial charge in [0.1, 0.15) is 5.82 Å². The summed E-state index contributed by atoms with van der Waals surface area (Å²) in [6.07, 6.45) is 2.29. The van der Waals surface area contributed by atoms with Gasteiger partial charge in [0.2, 0.25) is 5.95 Å². The molecule has 2 aliphatic rings. The van der Waals surface area contributed by atoms with E-state index in [-0.39, 0.29) is 6.04 Å². The van der Waals surface area contributed by atoms with Crippen molar-refractivity contribution < 1.29 is 9.13 Å². The van der Waals surface area contributed by atoms with Crippen molar-refractivity contribution in [1.82, 2.24) is 19.5 Å². The second-order valence-corrected chi connectivity index (χ2v) is 9.53. The summed E-state index contributed by atoms with van der Waals surface area (Å²) in [5.74, 6) is 0.356. The van der Waals surface area contributed by atoms with Gasteiger partial charge in [-0.15, -0.1) is 0 Å². The van der Waals surface area contributed by atoms with Gasteiger partial charge in [0.15, 0.2) is 0 Å². The zero-order valence-corrected chi connectivity index (χ0v) is 20.3. The number of hydrogen-bond acceptors (Lipinski definition) is 7. The van der Waals surface area contributed by atoms with Crippen LogP contribution >= 0.6 is 11.6 Å². The van der Waals surface area contributed by atoms with E-state index in [2.05, 4.69) is 21.7 Å². The quantitative estimate of drug-likeness (QED) is 0.428. The molecule has 1 atom stereocenters. The molecule has 2 N–H and O–H groups in total. The Balaban J connectivity index is 1.42. The molecule has 2 aliphatic heterocycles. The molecule has 2 aromatic heterocycles. The summed E-state index contributed by atoms with van der Waals surface area (Å²) in [4.78, 5) is 17.7. The van der Waals surface area contributed by atoms with Crippen LogP contribution in [0.3, 0.4) is 0 Å². The number of nitrogen functional groups attached to an aromatic ring is 1.